The summed E-state index contributed by atoms with van der Waals surface area (Å²) in [6, 6.07) is -3.78. The summed E-state index contributed by atoms with van der Waals surface area (Å²) >= 11 is 15.1. The molecule has 0 aliphatic carbocycles. The van der Waals surface area contributed by atoms with E-state index in [2.05, 4.69) is 69.1 Å². The maximum absolute atomic E-state index is 12.9. The van der Waals surface area contributed by atoms with E-state index >= 15 is 0 Å². The Labute approximate surface area is 513 Å². The van der Waals surface area contributed by atoms with Crippen LogP contribution in [0.15, 0.2) is 0 Å². The molecule has 2 aromatic rings. The number of halogens is 8. The van der Waals surface area contributed by atoms with Crippen molar-refractivity contribution in [3.05, 3.63) is 43.7 Å². The molecule has 0 heterocycles. The average Bonchev–Trinajstić information content (AvgIpc) is 3.26. The van der Waals surface area contributed by atoms with Crippen LogP contribution in [0.5, 0.6) is 0 Å². The van der Waals surface area contributed by atoms with Crippen molar-refractivity contribution in [2.75, 3.05) is 63.5 Å². The molecule has 0 aromatic heterocycles. The molecule has 2 aromatic carbocycles. The number of carbonyl (C=O) groups excluding carboxylic acids is 6. The third kappa shape index (κ3) is 20.9. The van der Waals surface area contributed by atoms with E-state index in [0.29, 0.717) is 0 Å². The van der Waals surface area contributed by atoms with Crippen LogP contribution in [0.1, 0.15) is 55.3 Å². The number of aliphatic hydroxyl groups excluding tert-OH is 10. The summed E-state index contributed by atoms with van der Waals surface area (Å²) in [5.41, 5.74) is 0.232. The smallest absolute Gasteiger partial charge is 0.253 e. The van der Waals surface area contributed by atoms with E-state index in [4.69, 9.17) is 0 Å². The van der Waals surface area contributed by atoms with Gasteiger partial charge in [0.2, 0.25) is 0 Å². The topological polar surface area (TPSA) is 377 Å². The molecular weight excluding hydrogens is 1990 g/mol. The quantitative estimate of drug-likeness (QED) is 0.0760. The first kappa shape index (κ1) is 69.2. The largest absolute Gasteiger partial charge is 0.394 e. The molecule has 0 saturated carbocycles. The van der Waals surface area contributed by atoms with Gasteiger partial charge in [0.05, 0.1) is 125 Å². The van der Waals surface area contributed by atoms with Crippen LogP contribution in [0.2, 0.25) is 0 Å². The van der Waals surface area contributed by atoms with Crippen molar-refractivity contribution in [2.45, 2.75) is 50.2 Å². The van der Waals surface area contributed by atoms with Crippen molar-refractivity contribution in [2.24, 2.45) is 0 Å². The molecule has 365 valence electrons. The van der Waals surface area contributed by atoms with Crippen LogP contribution in [-0.4, -0.2) is 176 Å². The fraction of sp³-hybridized carbons (Fsp3) is 0.471. The minimum Gasteiger partial charge on any atom is -0.394 e. The maximum atomic E-state index is 12.9. The monoisotopic (exact) mass is 2030 g/mol. The molecular formula is C34H44AcI8N6O16. The number of benzene rings is 2. The van der Waals surface area contributed by atoms with Crippen LogP contribution in [-0.2, 0) is 9.59 Å². The van der Waals surface area contributed by atoms with Crippen LogP contribution in [0.4, 0.5) is 11.4 Å². The minimum absolute atomic E-state index is 0. The van der Waals surface area contributed by atoms with Crippen LogP contribution in [0, 0.1) is 65.5 Å². The summed E-state index contributed by atoms with van der Waals surface area (Å²) in [6.07, 6.45) is -2.72. The summed E-state index contributed by atoms with van der Waals surface area (Å²) in [5.74, 6) is -4.35. The number of nitrogens with one attached hydrogen (secondary N) is 6. The van der Waals surface area contributed by atoms with E-state index in [9.17, 15) is 79.8 Å². The van der Waals surface area contributed by atoms with E-state index in [1.165, 1.54) is 13.8 Å². The number of hydrogen-bond acceptors (Lipinski definition) is 16. The van der Waals surface area contributed by atoms with Crippen LogP contribution >= 0.6 is 173 Å². The summed E-state index contributed by atoms with van der Waals surface area (Å²) in [5, 5.41) is 108. The van der Waals surface area contributed by atoms with Gasteiger partial charge in [0, 0.05) is 88.4 Å². The zero-order valence-electron chi connectivity index (χ0n) is 33.6. The van der Waals surface area contributed by atoms with Crippen LogP contribution in [0.3, 0.4) is 0 Å². The number of rotatable bonds is 20. The molecule has 16 N–H and O–H groups in total. The van der Waals surface area contributed by atoms with Gasteiger partial charge in [-0.05, 0) is 149 Å². The second-order valence-corrected chi connectivity index (χ2v) is 19.1. The fourth-order valence-corrected chi connectivity index (χ4v) is 13.3. The molecule has 0 bridgehead atoms. The SMILES string of the molecule is CC(O)C(=O)Nc1c(I)c(C(=O)NC(CO)CO)c(I)c(C(=O)NC(CO)CO)c1I.C[C@H](O)C(=O)Nc1c(I)c(C(=O)NC(CO)CO)c(I)c(C(=O)NC(CO)CO)c1I.II.[Ac]. The average molecular weight is 2030 g/mol. The Morgan fingerprint density at radius 2 is 0.569 bits per heavy atom. The Balaban J connectivity index is 0. The van der Waals surface area contributed by atoms with Crippen LogP contribution in [0.25, 0.3) is 0 Å². The number of amides is 6. The van der Waals surface area contributed by atoms with Crippen LogP contribution < -0.4 is 31.9 Å². The second kappa shape index (κ2) is 36.1. The number of aliphatic hydroxyl groups is 10. The second-order valence-electron chi connectivity index (χ2n) is 12.6. The third-order valence-electron chi connectivity index (χ3n) is 7.90. The van der Waals surface area contributed by atoms with Gasteiger partial charge in [-0.25, -0.2) is 0 Å². The molecule has 6 amide bonds. The van der Waals surface area contributed by atoms with Crippen molar-refractivity contribution in [3.8, 4) is 0 Å². The van der Waals surface area contributed by atoms with Gasteiger partial charge in [-0.15, -0.1) is 0 Å². The van der Waals surface area contributed by atoms with E-state index in [0.717, 1.165) is 0 Å². The molecule has 22 nitrogen and oxygen atoms in total. The predicted octanol–water partition coefficient (Wildman–Crippen LogP) is -0.257. The zero-order chi connectivity index (χ0) is 49.8. The molecule has 0 fully saturated rings. The van der Waals surface area contributed by atoms with Gasteiger partial charge >= 0.3 is 0 Å². The third-order valence-corrected chi connectivity index (χ3v) is 14.4. The molecule has 0 aliphatic heterocycles. The van der Waals surface area contributed by atoms with E-state index < -0.39 is 125 Å². The molecule has 0 aliphatic rings. The molecule has 1 unspecified atom stereocenters. The summed E-state index contributed by atoms with van der Waals surface area (Å²) in [4.78, 5) is 75.8. The van der Waals surface area contributed by atoms with Gasteiger partial charge in [-0.3, -0.25) is 28.8 Å². The van der Waals surface area contributed by atoms with Gasteiger partial charge < -0.3 is 83.0 Å². The predicted molar refractivity (Wildman–Crippen MR) is 300 cm³/mol. The molecule has 1 radical (unpaired) electrons. The van der Waals surface area contributed by atoms with Crippen molar-refractivity contribution in [1.29, 1.82) is 0 Å². The first-order valence-electron chi connectivity index (χ1n) is 17.7. The Bertz CT molecular complexity index is 1700. The normalized spacial score (nSPS) is 11.6. The van der Waals surface area contributed by atoms with Crippen molar-refractivity contribution < 1.29 is 124 Å². The molecule has 31 heteroatoms. The Morgan fingerprint density at radius 1 is 0.400 bits per heavy atom. The Hall–Kier alpha value is 2.14. The molecule has 0 saturated heterocycles. The fourth-order valence-electron chi connectivity index (χ4n) is 4.43. The van der Waals surface area contributed by atoms with Gasteiger partial charge in [-0.1, -0.05) is 0 Å². The van der Waals surface area contributed by atoms with Gasteiger partial charge in [0.1, 0.15) is 12.2 Å². The molecule has 65 heavy (non-hydrogen) atoms. The van der Waals surface area contributed by atoms with Gasteiger partial charge in [-0.2, -0.15) is 0 Å². The maximum Gasteiger partial charge on any atom is 0.253 e. The van der Waals surface area contributed by atoms with E-state index in [1.807, 2.05) is 90.4 Å². The zero-order valence-corrected chi connectivity index (χ0v) is 55.6. The summed E-state index contributed by atoms with van der Waals surface area (Å²) < 4.78 is 1.49. The number of carbonyl (C=O) groups is 6. The minimum atomic E-state index is -1.36. The first-order valence-corrected chi connectivity index (χ1v) is 30.5. The van der Waals surface area contributed by atoms with Gasteiger partial charge in [0.25, 0.3) is 35.4 Å². The molecule has 0 spiro atoms. The summed E-state index contributed by atoms with van der Waals surface area (Å²) in [6.45, 7) is -1.66. The molecule has 2 rings (SSSR count). The molecule has 2 atom stereocenters. The van der Waals surface area contributed by atoms with Gasteiger partial charge in [0.15, 0.2) is 0 Å². The Morgan fingerprint density at radius 3 is 0.708 bits per heavy atom. The summed E-state index contributed by atoms with van der Waals surface area (Å²) in [7, 11) is 0. The number of hydrogen-bond donors (Lipinski definition) is 16. The standard InChI is InChI=1S/2C17H22I3N3O8.Ac.I2/c2*1-6(28)15(29)23-14-12(19)9(16(30)21-7(2-24)3-25)11(18)10(13(14)20)17(31)22-8(4-26)5-27;;1-2/h2*6-8,24-28H,2-5H2,1H3,(H,21,30)(H,22,31)(H,23,29);;/t6-;;;/m0.../s1. The van der Waals surface area contributed by atoms with E-state index in [-0.39, 0.29) is 99.1 Å². The van der Waals surface area contributed by atoms with Crippen molar-refractivity contribution >= 4 is 220 Å². The van der Waals surface area contributed by atoms with Crippen molar-refractivity contribution in [3.63, 3.8) is 0 Å². The first-order chi connectivity index (χ1) is 30.1. The Kier molecular flexibility index (Phi) is 38.5. The number of anilines is 2. The van der Waals surface area contributed by atoms with E-state index in [1.54, 1.807) is 45.2 Å². The van der Waals surface area contributed by atoms with Crippen molar-refractivity contribution in [1.82, 2.24) is 21.3 Å².